The van der Waals surface area contributed by atoms with Crippen LogP contribution >= 0.6 is 11.6 Å². The van der Waals surface area contributed by atoms with Crippen molar-refractivity contribution in [2.75, 3.05) is 6.61 Å². The third-order valence-corrected chi connectivity index (χ3v) is 8.43. The molecule has 10 nitrogen and oxygen atoms in total. The summed E-state index contributed by atoms with van der Waals surface area (Å²) in [5.74, 6) is 2.39. The van der Waals surface area contributed by atoms with E-state index in [1.54, 1.807) is 12.4 Å². The number of aromatic nitrogens is 5. The monoisotopic (exact) mass is 559 g/mol. The van der Waals surface area contributed by atoms with Crippen molar-refractivity contribution in [1.82, 2.24) is 35.3 Å². The second kappa shape index (κ2) is 10.4. The van der Waals surface area contributed by atoms with Crippen molar-refractivity contribution in [3.8, 4) is 11.3 Å². The van der Waals surface area contributed by atoms with Gasteiger partial charge in [0.25, 0.3) is 0 Å². The van der Waals surface area contributed by atoms with Crippen molar-refractivity contribution in [3.05, 3.63) is 70.5 Å². The van der Waals surface area contributed by atoms with Gasteiger partial charge in [0.05, 0.1) is 11.6 Å². The Morgan fingerprint density at radius 1 is 1.10 bits per heavy atom. The van der Waals surface area contributed by atoms with Gasteiger partial charge in [0.15, 0.2) is 17.6 Å². The molecule has 1 saturated heterocycles. The molecule has 3 aliphatic rings. The Bertz CT molecular complexity index is 1580. The van der Waals surface area contributed by atoms with Gasteiger partial charge in [-0.25, -0.2) is 19.7 Å². The molecule has 2 atom stereocenters. The Morgan fingerprint density at radius 3 is 2.75 bits per heavy atom. The number of amides is 1. The predicted octanol–water partition coefficient (Wildman–Crippen LogP) is 5.27. The van der Waals surface area contributed by atoms with Crippen LogP contribution in [0.2, 0.25) is 5.02 Å². The van der Waals surface area contributed by atoms with Crippen LogP contribution in [0, 0.1) is 11.8 Å². The van der Waals surface area contributed by atoms with Crippen LogP contribution in [-0.4, -0.2) is 37.2 Å². The fourth-order valence-corrected chi connectivity index (χ4v) is 6.28. The molecule has 2 unspecified atom stereocenters. The Hall–Kier alpha value is -3.60. The van der Waals surface area contributed by atoms with Crippen LogP contribution in [0.3, 0.4) is 0 Å². The van der Waals surface area contributed by atoms with E-state index in [1.807, 2.05) is 12.1 Å². The number of nitrogens with one attached hydrogen (secondary N) is 2. The summed E-state index contributed by atoms with van der Waals surface area (Å²) in [6.07, 6.45) is 7.30. The highest BCUT2D eigenvalue weighted by Crippen LogP contribution is 2.38. The Kier molecular flexibility index (Phi) is 6.61. The van der Waals surface area contributed by atoms with E-state index in [9.17, 15) is 4.79 Å². The Morgan fingerprint density at radius 2 is 1.95 bits per heavy atom. The quantitative estimate of drug-likeness (QED) is 0.339. The number of carbonyl (C=O) groups is 1. The molecule has 206 valence electrons. The van der Waals surface area contributed by atoms with Gasteiger partial charge in [0.1, 0.15) is 23.1 Å². The lowest BCUT2D eigenvalue weighted by molar-refractivity contribution is 0.0610. The van der Waals surface area contributed by atoms with Gasteiger partial charge in [0.2, 0.25) is 0 Å². The minimum absolute atomic E-state index is 0.330. The van der Waals surface area contributed by atoms with E-state index in [2.05, 4.69) is 45.5 Å². The number of ether oxygens (including phenoxy) is 1. The lowest BCUT2D eigenvalue weighted by Gasteiger charge is -2.30. The minimum Gasteiger partial charge on any atom is -0.365 e. The van der Waals surface area contributed by atoms with E-state index in [-0.39, 0.29) is 6.10 Å². The predicted molar refractivity (Wildman–Crippen MR) is 148 cm³/mol. The summed E-state index contributed by atoms with van der Waals surface area (Å²) in [7, 11) is 0. The van der Waals surface area contributed by atoms with Gasteiger partial charge in [-0.05, 0) is 48.3 Å². The molecule has 2 aliphatic heterocycles. The van der Waals surface area contributed by atoms with Crippen molar-refractivity contribution in [2.24, 2.45) is 11.8 Å². The van der Waals surface area contributed by atoms with Crippen LogP contribution in [0.5, 0.6) is 0 Å². The fraction of sp³-hybridized carbons (Fsp3) is 0.414. The summed E-state index contributed by atoms with van der Waals surface area (Å²) >= 11 is 6.39. The van der Waals surface area contributed by atoms with Crippen LogP contribution in [0.1, 0.15) is 67.7 Å². The van der Waals surface area contributed by atoms with Gasteiger partial charge in [0, 0.05) is 24.5 Å². The average Bonchev–Trinajstić information content (AvgIpc) is 3.57. The summed E-state index contributed by atoms with van der Waals surface area (Å²) in [5.41, 5.74) is 7.76. The zero-order valence-corrected chi connectivity index (χ0v) is 22.9. The summed E-state index contributed by atoms with van der Waals surface area (Å²) in [4.78, 5) is 35.9. The maximum Gasteiger partial charge on any atom is 0.427 e. The molecule has 4 aromatic rings. The third kappa shape index (κ3) is 4.70. The topological polar surface area (TPSA) is 116 Å². The van der Waals surface area contributed by atoms with Crippen molar-refractivity contribution >= 4 is 28.9 Å². The number of benzene rings is 1. The van der Waals surface area contributed by atoms with E-state index in [4.69, 9.17) is 36.1 Å². The molecule has 7 rings (SSSR count). The SMILES string of the molecule is CC1CCC(Cn2c(C3OCCc4ccccc43)nc3nc(C4NOC(=O)N4)nc(-c4cncc(Cl)c4)c32)CC1. The van der Waals surface area contributed by atoms with Crippen LogP contribution in [0.4, 0.5) is 4.79 Å². The number of pyridine rings is 1. The van der Waals surface area contributed by atoms with E-state index in [0.29, 0.717) is 34.7 Å². The lowest BCUT2D eigenvalue weighted by Crippen LogP contribution is -2.25. The number of hydrogen-bond acceptors (Lipinski definition) is 8. The van der Waals surface area contributed by atoms with E-state index in [1.165, 1.54) is 18.4 Å². The number of hydrogen-bond donors (Lipinski definition) is 2. The number of fused-ring (bicyclic) bond motifs is 2. The summed E-state index contributed by atoms with van der Waals surface area (Å²) < 4.78 is 8.69. The highest BCUT2D eigenvalue weighted by Gasteiger charge is 2.33. The number of hydroxylamine groups is 1. The summed E-state index contributed by atoms with van der Waals surface area (Å²) in [5, 5.41) is 3.19. The normalized spacial score (nSPS) is 24.5. The maximum atomic E-state index is 11.8. The molecule has 0 radical (unpaired) electrons. The van der Waals surface area contributed by atoms with E-state index in [0.717, 1.165) is 54.2 Å². The molecule has 0 spiro atoms. The second-order valence-corrected chi connectivity index (χ2v) is 11.4. The first-order valence-corrected chi connectivity index (χ1v) is 14.2. The average molecular weight is 560 g/mol. The van der Waals surface area contributed by atoms with Crippen molar-refractivity contribution < 1.29 is 14.4 Å². The molecular formula is C29H30ClN7O3. The smallest absolute Gasteiger partial charge is 0.365 e. The van der Waals surface area contributed by atoms with Crippen LogP contribution in [0.15, 0.2) is 42.7 Å². The largest absolute Gasteiger partial charge is 0.427 e. The lowest BCUT2D eigenvalue weighted by atomic mass is 9.83. The van der Waals surface area contributed by atoms with Crippen molar-refractivity contribution in [3.63, 3.8) is 0 Å². The summed E-state index contributed by atoms with van der Waals surface area (Å²) in [6.45, 7) is 3.73. The molecule has 1 aliphatic carbocycles. The molecule has 1 aromatic carbocycles. The van der Waals surface area contributed by atoms with Gasteiger partial charge in [-0.1, -0.05) is 55.6 Å². The minimum atomic E-state index is -0.720. The van der Waals surface area contributed by atoms with Gasteiger partial charge < -0.3 is 14.1 Å². The van der Waals surface area contributed by atoms with Gasteiger partial charge in [-0.3, -0.25) is 10.3 Å². The number of imidazole rings is 1. The molecule has 0 bridgehead atoms. The standard InChI is InChI=1S/C29H30ClN7O3/c1-16-6-8-17(9-7-16)15-37-23-22(19-12-20(30)14-31-13-19)32-26(27-35-29(38)40-36-27)33-25(23)34-28(37)24-21-5-3-2-4-18(21)10-11-39-24/h2-5,12-14,16-17,24,27,36H,6-11,15H2,1H3,(H,35,38). The molecule has 40 heavy (non-hydrogen) atoms. The highest BCUT2D eigenvalue weighted by atomic mass is 35.5. The molecule has 11 heteroatoms. The fourth-order valence-electron chi connectivity index (χ4n) is 6.11. The zero-order valence-electron chi connectivity index (χ0n) is 22.1. The molecule has 5 heterocycles. The van der Waals surface area contributed by atoms with Crippen LogP contribution < -0.4 is 10.8 Å². The Labute approximate surface area is 236 Å². The second-order valence-electron chi connectivity index (χ2n) is 11.0. The molecular weight excluding hydrogens is 530 g/mol. The van der Waals surface area contributed by atoms with Gasteiger partial charge in [-0.15, -0.1) is 5.48 Å². The molecule has 1 amide bonds. The molecule has 1 saturated carbocycles. The number of carbonyl (C=O) groups excluding carboxylic acids is 1. The van der Waals surface area contributed by atoms with Crippen molar-refractivity contribution in [1.29, 1.82) is 0 Å². The van der Waals surface area contributed by atoms with Crippen LogP contribution in [-0.2, 0) is 22.5 Å². The van der Waals surface area contributed by atoms with Crippen LogP contribution in [0.25, 0.3) is 22.4 Å². The highest BCUT2D eigenvalue weighted by molar-refractivity contribution is 6.30. The summed E-state index contributed by atoms with van der Waals surface area (Å²) in [6, 6.07) is 10.2. The first-order chi connectivity index (χ1) is 19.5. The number of nitrogens with zero attached hydrogens (tertiary/aromatic N) is 5. The number of halogens is 1. The van der Waals surface area contributed by atoms with Gasteiger partial charge >= 0.3 is 6.09 Å². The van der Waals surface area contributed by atoms with E-state index >= 15 is 0 Å². The molecule has 2 N–H and O–H groups in total. The van der Waals surface area contributed by atoms with Gasteiger partial charge in [-0.2, -0.15) is 0 Å². The first kappa shape index (κ1) is 25.4. The van der Waals surface area contributed by atoms with Crippen molar-refractivity contribution in [2.45, 2.75) is 57.8 Å². The maximum absolute atomic E-state index is 11.8. The first-order valence-electron chi connectivity index (χ1n) is 13.8. The molecule has 2 fully saturated rings. The number of rotatable bonds is 5. The Balaban J connectivity index is 1.44. The molecule has 3 aromatic heterocycles. The zero-order chi connectivity index (χ0) is 27.2. The third-order valence-electron chi connectivity index (χ3n) is 8.22. The van der Waals surface area contributed by atoms with E-state index < -0.39 is 12.3 Å².